The van der Waals surface area contributed by atoms with Crippen LogP contribution in [0.1, 0.15) is 33.4 Å². The van der Waals surface area contributed by atoms with Gasteiger partial charge in [0.05, 0.1) is 17.5 Å². The average molecular weight is 472 g/mol. The molecule has 3 heterocycles. The van der Waals surface area contributed by atoms with E-state index in [-0.39, 0.29) is 11.8 Å². The predicted octanol–water partition coefficient (Wildman–Crippen LogP) is 5.64. The molecule has 4 aromatic rings. The van der Waals surface area contributed by atoms with Crippen molar-refractivity contribution in [3.8, 4) is 0 Å². The van der Waals surface area contributed by atoms with Gasteiger partial charge in [-0.15, -0.1) is 0 Å². The van der Waals surface area contributed by atoms with Crippen molar-refractivity contribution >= 4 is 17.5 Å². The standard InChI is InChI=1S/C32H25NO3/c1-20-17-18-21(2)26(19-20)33-29(34)27-28(30(33)35)32(23-13-7-4-8-14-23)25-16-10-9-15-24(25)31(27,36-32)22-11-5-3-6-12-22/h3-19,27-28H,1-2H3/t27-,28+,31+,32-. The van der Waals surface area contributed by atoms with Gasteiger partial charge in [-0.1, -0.05) is 97.1 Å². The third kappa shape index (κ3) is 2.42. The lowest BCUT2D eigenvalue weighted by Gasteiger charge is -2.34. The number of carbonyl (C=O) groups is 2. The fourth-order valence-electron chi connectivity index (χ4n) is 6.80. The molecule has 0 N–H and O–H groups in total. The molecule has 0 aromatic heterocycles. The van der Waals surface area contributed by atoms with Crippen molar-refractivity contribution in [1.82, 2.24) is 0 Å². The highest BCUT2D eigenvalue weighted by Gasteiger charge is 2.78. The molecule has 2 amide bonds. The Morgan fingerprint density at radius 1 is 0.639 bits per heavy atom. The van der Waals surface area contributed by atoms with Crippen LogP contribution < -0.4 is 4.90 Å². The summed E-state index contributed by atoms with van der Waals surface area (Å²) in [7, 11) is 0. The molecule has 4 atom stereocenters. The summed E-state index contributed by atoms with van der Waals surface area (Å²) < 4.78 is 7.17. The summed E-state index contributed by atoms with van der Waals surface area (Å²) in [6, 6.07) is 33.9. The van der Waals surface area contributed by atoms with Crippen molar-refractivity contribution in [1.29, 1.82) is 0 Å². The number of rotatable bonds is 3. The van der Waals surface area contributed by atoms with Crippen molar-refractivity contribution in [2.45, 2.75) is 25.0 Å². The number of anilines is 1. The van der Waals surface area contributed by atoms with E-state index in [2.05, 4.69) is 12.1 Å². The SMILES string of the molecule is Cc1ccc(C)c(N2C(=O)[C@@H]3[C@H](C2=O)[C@@]2(c4ccccc4)O[C@]3(c3ccccc3)c3ccccc32)c1. The number of fused-ring (bicyclic) bond motifs is 8. The van der Waals surface area contributed by atoms with Gasteiger partial charge in [0.1, 0.15) is 11.2 Å². The Bertz CT molecular complexity index is 1460. The Morgan fingerprint density at radius 2 is 1.11 bits per heavy atom. The van der Waals surface area contributed by atoms with Crippen molar-refractivity contribution in [2.75, 3.05) is 4.90 Å². The smallest absolute Gasteiger partial charge is 0.241 e. The van der Waals surface area contributed by atoms with E-state index in [0.717, 1.165) is 33.4 Å². The van der Waals surface area contributed by atoms with Crippen LogP contribution in [0.15, 0.2) is 103 Å². The molecule has 2 fully saturated rings. The second-order valence-electron chi connectivity index (χ2n) is 10.1. The fourth-order valence-corrected chi connectivity index (χ4v) is 6.80. The monoisotopic (exact) mass is 471 g/mol. The molecular formula is C32H25NO3. The van der Waals surface area contributed by atoms with Gasteiger partial charge in [-0.2, -0.15) is 0 Å². The topological polar surface area (TPSA) is 46.6 Å². The maximum Gasteiger partial charge on any atom is 0.241 e. The number of nitrogens with zero attached hydrogens (tertiary/aromatic N) is 1. The van der Waals surface area contributed by atoms with Gasteiger partial charge in [0.25, 0.3) is 0 Å². The zero-order valence-electron chi connectivity index (χ0n) is 20.1. The molecule has 7 rings (SSSR count). The molecule has 176 valence electrons. The third-order valence-electron chi connectivity index (χ3n) is 8.24. The first kappa shape index (κ1) is 21.3. The quantitative estimate of drug-likeness (QED) is 0.363. The van der Waals surface area contributed by atoms with Gasteiger partial charge in [-0.25, -0.2) is 4.90 Å². The molecule has 0 aliphatic carbocycles. The van der Waals surface area contributed by atoms with E-state index >= 15 is 0 Å². The van der Waals surface area contributed by atoms with Crippen molar-refractivity contribution in [3.05, 3.63) is 137 Å². The van der Waals surface area contributed by atoms with Gasteiger partial charge in [-0.05, 0) is 53.3 Å². The van der Waals surface area contributed by atoms with Crippen LogP contribution in [-0.4, -0.2) is 11.8 Å². The molecule has 3 aliphatic rings. The van der Waals surface area contributed by atoms with Gasteiger partial charge in [0, 0.05) is 0 Å². The maximum absolute atomic E-state index is 14.4. The number of imide groups is 1. The van der Waals surface area contributed by atoms with Crippen molar-refractivity contribution < 1.29 is 14.3 Å². The molecule has 36 heavy (non-hydrogen) atoms. The highest BCUT2D eigenvalue weighted by molar-refractivity contribution is 6.24. The van der Waals surface area contributed by atoms with E-state index in [4.69, 9.17) is 4.74 Å². The zero-order chi connectivity index (χ0) is 24.7. The maximum atomic E-state index is 14.4. The number of hydrogen-bond acceptors (Lipinski definition) is 3. The van der Waals surface area contributed by atoms with E-state index in [0.29, 0.717) is 5.69 Å². The highest BCUT2D eigenvalue weighted by atomic mass is 16.5. The summed E-state index contributed by atoms with van der Waals surface area (Å²) in [5.41, 5.74) is 4.17. The molecular weight excluding hydrogens is 446 g/mol. The zero-order valence-corrected chi connectivity index (χ0v) is 20.1. The molecule has 4 aromatic carbocycles. The number of ether oxygens (including phenoxy) is 1. The summed E-state index contributed by atoms with van der Waals surface area (Å²) in [5, 5.41) is 0. The van der Waals surface area contributed by atoms with Gasteiger partial charge in [-0.3, -0.25) is 9.59 Å². The van der Waals surface area contributed by atoms with E-state index in [1.807, 2.05) is 105 Å². The van der Waals surface area contributed by atoms with Crippen LogP contribution in [0.3, 0.4) is 0 Å². The summed E-state index contributed by atoms with van der Waals surface area (Å²) in [4.78, 5) is 30.3. The molecule has 0 spiro atoms. The number of amides is 2. The molecule has 2 saturated heterocycles. The minimum Gasteiger partial charge on any atom is -0.348 e. The van der Waals surface area contributed by atoms with Crippen LogP contribution in [0.2, 0.25) is 0 Å². The Morgan fingerprint density at radius 3 is 1.61 bits per heavy atom. The first-order valence-corrected chi connectivity index (χ1v) is 12.4. The molecule has 0 saturated carbocycles. The molecule has 0 radical (unpaired) electrons. The van der Waals surface area contributed by atoms with Gasteiger partial charge in [0.2, 0.25) is 11.8 Å². The first-order chi connectivity index (χ1) is 17.5. The number of carbonyl (C=O) groups excluding carboxylic acids is 2. The van der Waals surface area contributed by atoms with Gasteiger partial charge in [0.15, 0.2) is 0 Å². The lowest BCUT2D eigenvalue weighted by atomic mass is 9.61. The first-order valence-electron chi connectivity index (χ1n) is 12.4. The van der Waals surface area contributed by atoms with E-state index in [1.54, 1.807) is 0 Å². The third-order valence-corrected chi connectivity index (χ3v) is 8.24. The highest BCUT2D eigenvalue weighted by Crippen LogP contribution is 2.70. The van der Waals surface area contributed by atoms with Gasteiger partial charge < -0.3 is 4.74 Å². The molecule has 3 aliphatic heterocycles. The van der Waals surface area contributed by atoms with E-state index in [1.165, 1.54) is 4.90 Å². The Kier molecular flexibility index (Phi) is 4.28. The van der Waals surface area contributed by atoms with Crippen LogP contribution in [0.4, 0.5) is 5.69 Å². The lowest BCUT2D eigenvalue weighted by Crippen LogP contribution is -2.42. The average Bonchev–Trinajstić information content (AvgIpc) is 3.51. The second-order valence-corrected chi connectivity index (χ2v) is 10.1. The summed E-state index contributed by atoms with van der Waals surface area (Å²) in [6.45, 7) is 3.93. The minimum absolute atomic E-state index is 0.199. The normalized spacial score (nSPS) is 27.9. The molecule has 4 nitrogen and oxygen atoms in total. The Hall–Kier alpha value is -4.02. The second kappa shape index (κ2) is 7.25. The largest absolute Gasteiger partial charge is 0.348 e. The van der Waals surface area contributed by atoms with Crippen LogP contribution in [-0.2, 0) is 25.5 Å². The van der Waals surface area contributed by atoms with E-state index < -0.39 is 23.0 Å². The Labute approximate surface area is 210 Å². The van der Waals surface area contributed by atoms with Crippen molar-refractivity contribution in [3.63, 3.8) is 0 Å². The minimum atomic E-state index is -1.06. The molecule has 0 unspecified atom stereocenters. The summed E-state index contributed by atoms with van der Waals surface area (Å²) in [6.07, 6.45) is 0. The van der Waals surface area contributed by atoms with Crippen LogP contribution in [0, 0.1) is 25.7 Å². The number of aryl methyl sites for hydroxylation is 2. The number of benzene rings is 4. The van der Waals surface area contributed by atoms with E-state index in [9.17, 15) is 9.59 Å². The fraction of sp³-hybridized carbons (Fsp3) is 0.188. The molecule has 4 heteroatoms. The van der Waals surface area contributed by atoms with Gasteiger partial charge >= 0.3 is 0 Å². The summed E-state index contributed by atoms with van der Waals surface area (Å²) >= 11 is 0. The predicted molar refractivity (Wildman–Crippen MR) is 137 cm³/mol. The summed E-state index contributed by atoms with van der Waals surface area (Å²) in [5.74, 6) is -1.76. The molecule has 2 bridgehead atoms. The lowest BCUT2D eigenvalue weighted by molar-refractivity contribution is -0.131. The Balaban J connectivity index is 1.56. The number of hydrogen-bond donors (Lipinski definition) is 0. The van der Waals surface area contributed by atoms with Crippen LogP contribution in [0.25, 0.3) is 0 Å². The van der Waals surface area contributed by atoms with Crippen LogP contribution in [0.5, 0.6) is 0 Å². The van der Waals surface area contributed by atoms with Crippen molar-refractivity contribution in [2.24, 2.45) is 11.8 Å². The van der Waals surface area contributed by atoms with Crippen LogP contribution >= 0.6 is 0 Å².